The molecule has 3 rings (SSSR count). The first-order valence-electron chi connectivity index (χ1n) is 11.4. The molecule has 1 atom stereocenters. The van der Waals surface area contributed by atoms with Crippen LogP contribution in [0.25, 0.3) is 0 Å². The maximum atomic E-state index is 12.6. The first kappa shape index (κ1) is 24.1. The summed E-state index contributed by atoms with van der Waals surface area (Å²) in [6.07, 6.45) is 2.61. The zero-order valence-electron chi connectivity index (χ0n) is 18.3. The van der Waals surface area contributed by atoms with E-state index in [0.29, 0.717) is 30.4 Å². The number of halogens is 3. The van der Waals surface area contributed by atoms with Crippen LogP contribution in [-0.2, 0) is 16.1 Å². The van der Waals surface area contributed by atoms with Crippen molar-refractivity contribution in [1.82, 2.24) is 4.90 Å². The zero-order valence-corrected chi connectivity index (χ0v) is 18.3. The number of hydrogen-bond donors (Lipinski definition) is 0. The lowest BCUT2D eigenvalue weighted by Crippen LogP contribution is -2.35. The van der Waals surface area contributed by atoms with Crippen LogP contribution in [0.5, 0.6) is 5.75 Å². The van der Waals surface area contributed by atoms with E-state index in [1.54, 1.807) is 25.1 Å². The van der Waals surface area contributed by atoms with Gasteiger partial charge in [0, 0.05) is 31.7 Å². The standard InChI is InChI=1S/C24H34F3NO3/c1-18(29)15-21(20-8-9-20)6-4-14-30-17-19-10-12-28(13-11-19)16-22-5-2-3-7-23(22)31-24(25,26)27/h2-3,5,7,19-21H,4,6,8-17H2,1H3/t21-/m0/s1. The molecule has 0 unspecified atom stereocenters. The highest BCUT2D eigenvalue weighted by molar-refractivity contribution is 5.75. The highest BCUT2D eigenvalue weighted by Gasteiger charge is 2.33. The Kier molecular flexibility index (Phi) is 8.78. The Balaban J connectivity index is 1.32. The van der Waals surface area contributed by atoms with E-state index in [-0.39, 0.29) is 11.5 Å². The topological polar surface area (TPSA) is 38.8 Å². The van der Waals surface area contributed by atoms with Crippen LogP contribution >= 0.6 is 0 Å². The summed E-state index contributed by atoms with van der Waals surface area (Å²) < 4.78 is 47.9. The summed E-state index contributed by atoms with van der Waals surface area (Å²) in [4.78, 5) is 13.6. The van der Waals surface area contributed by atoms with Gasteiger partial charge in [-0.1, -0.05) is 18.2 Å². The minimum Gasteiger partial charge on any atom is -0.405 e. The van der Waals surface area contributed by atoms with Crippen LogP contribution in [0.3, 0.4) is 0 Å². The fourth-order valence-corrected chi connectivity index (χ4v) is 4.55. The zero-order chi connectivity index (χ0) is 22.3. The number of ether oxygens (including phenoxy) is 2. The number of likely N-dealkylation sites (tertiary alicyclic amines) is 1. The first-order chi connectivity index (χ1) is 14.8. The summed E-state index contributed by atoms with van der Waals surface area (Å²) in [5.41, 5.74) is 0.560. The van der Waals surface area contributed by atoms with Crippen molar-refractivity contribution in [2.24, 2.45) is 17.8 Å². The number of carbonyl (C=O) groups excluding carboxylic acids is 1. The van der Waals surface area contributed by atoms with E-state index in [4.69, 9.17) is 4.74 Å². The van der Waals surface area contributed by atoms with Gasteiger partial charge in [0.15, 0.2) is 0 Å². The summed E-state index contributed by atoms with van der Waals surface area (Å²) in [6, 6.07) is 6.36. The van der Waals surface area contributed by atoms with Gasteiger partial charge in [-0.25, -0.2) is 0 Å². The minimum absolute atomic E-state index is 0.116. The summed E-state index contributed by atoms with van der Waals surface area (Å²) in [7, 11) is 0. The molecule has 0 radical (unpaired) electrons. The largest absolute Gasteiger partial charge is 0.573 e. The molecule has 0 bridgehead atoms. The number of ketones is 1. The molecule has 1 aliphatic heterocycles. The third-order valence-electron chi connectivity index (χ3n) is 6.35. The lowest BCUT2D eigenvalue weighted by Gasteiger charge is -2.32. The number of rotatable bonds is 12. The highest BCUT2D eigenvalue weighted by atomic mass is 19.4. The molecule has 2 aliphatic rings. The molecule has 0 N–H and O–H groups in total. The van der Waals surface area contributed by atoms with Gasteiger partial charge >= 0.3 is 6.36 Å². The predicted molar refractivity (Wildman–Crippen MR) is 113 cm³/mol. The van der Waals surface area contributed by atoms with Gasteiger partial charge in [0.25, 0.3) is 0 Å². The average molecular weight is 442 g/mol. The number of benzene rings is 1. The quantitative estimate of drug-likeness (QED) is 0.396. The fourth-order valence-electron chi connectivity index (χ4n) is 4.55. The minimum atomic E-state index is -4.68. The molecule has 1 aromatic rings. The van der Waals surface area contributed by atoms with Crippen molar-refractivity contribution in [3.05, 3.63) is 29.8 Å². The fraction of sp³-hybridized carbons (Fsp3) is 0.708. The van der Waals surface area contributed by atoms with Gasteiger partial charge in [-0.2, -0.15) is 0 Å². The summed E-state index contributed by atoms with van der Waals surface area (Å²) in [6.45, 7) is 5.30. The normalized spacial score (nSPS) is 19.4. The highest BCUT2D eigenvalue weighted by Crippen LogP contribution is 2.41. The second-order valence-corrected chi connectivity index (χ2v) is 9.10. The van der Waals surface area contributed by atoms with E-state index in [1.165, 1.54) is 18.9 Å². The maximum absolute atomic E-state index is 12.6. The van der Waals surface area contributed by atoms with Gasteiger partial charge in [-0.05, 0) is 82.4 Å². The molecule has 0 amide bonds. The molecule has 1 aliphatic carbocycles. The second kappa shape index (κ2) is 11.3. The summed E-state index contributed by atoms with van der Waals surface area (Å²) in [5.74, 6) is 1.95. The predicted octanol–water partition coefficient (Wildman–Crippen LogP) is 5.60. The van der Waals surface area contributed by atoms with Crippen LogP contribution < -0.4 is 4.74 Å². The Bertz CT molecular complexity index is 698. The number of nitrogens with zero attached hydrogens (tertiary/aromatic N) is 1. The number of carbonyl (C=O) groups is 1. The summed E-state index contributed by atoms with van der Waals surface area (Å²) >= 11 is 0. The average Bonchev–Trinajstić information content (AvgIpc) is 3.53. The van der Waals surface area contributed by atoms with Crippen molar-refractivity contribution < 1.29 is 27.4 Å². The Morgan fingerprint density at radius 1 is 1.16 bits per heavy atom. The van der Waals surface area contributed by atoms with Crippen molar-refractivity contribution in [2.75, 3.05) is 26.3 Å². The molecule has 2 fully saturated rings. The van der Waals surface area contributed by atoms with Crippen LogP contribution in [0.2, 0.25) is 0 Å². The van der Waals surface area contributed by atoms with Gasteiger partial charge in [-0.3, -0.25) is 4.90 Å². The third kappa shape index (κ3) is 8.81. The lowest BCUT2D eigenvalue weighted by atomic mass is 9.93. The van der Waals surface area contributed by atoms with Gasteiger partial charge < -0.3 is 14.3 Å². The molecule has 174 valence electrons. The van der Waals surface area contributed by atoms with E-state index in [9.17, 15) is 18.0 Å². The Labute approximate surface area is 183 Å². The molecule has 31 heavy (non-hydrogen) atoms. The molecule has 7 heteroatoms. The molecular formula is C24H34F3NO3. The first-order valence-corrected chi connectivity index (χ1v) is 11.4. The number of hydrogen-bond acceptors (Lipinski definition) is 4. The molecule has 4 nitrogen and oxygen atoms in total. The van der Waals surface area contributed by atoms with Crippen molar-refractivity contribution in [3.8, 4) is 5.75 Å². The Morgan fingerprint density at radius 3 is 2.52 bits per heavy atom. The van der Waals surface area contributed by atoms with E-state index in [0.717, 1.165) is 57.9 Å². The number of piperidine rings is 1. The van der Waals surface area contributed by atoms with Crippen molar-refractivity contribution >= 4 is 5.78 Å². The second-order valence-electron chi connectivity index (χ2n) is 9.10. The molecule has 1 saturated carbocycles. The molecule has 1 aromatic carbocycles. The lowest BCUT2D eigenvalue weighted by molar-refractivity contribution is -0.275. The Hall–Kier alpha value is -1.60. The van der Waals surface area contributed by atoms with Crippen molar-refractivity contribution in [1.29, 1.82) is 0 Å². The van der Waals surface area contributed by atoms with Crippen LogP contribution in [0.15, 0.2) is 24.3 Å². The van der Waals surface area contributed by atoms with E-state index < -0.39 is 6.36 Å². The van der Waals surface area contributed by atoms with Crippen molar-refractivity contribution in [3.63, 3.8) is 0 Å². The molecular weight excluding hydrogens is 407 g/mol. The van der Waals surface area contributed by atoms with Gasteiger partial charge in [0.05, 0.1) is 0 Å². The molecule has 0 spiro atoms. The van der Waals surface area contributed by atoms with E-state index in [1.807, 2.05) is 0 Å². The number of Topliss-reactive ketones (excluding diaryl/α,β-unsaturated/α-hetero) is 1. The van der Waals surface area contributed by atoms with Crippen LogP contribution in [0.4, 0.5) is 13.2 Å². The van der Waals surface area contributed by atoms with Crippen LogP contribution in [0.1, 0.15) is 57.4 Å². The number of alkyl halides is 3. The maximum Gasteiger partial charge on any atom is 0.573 e. The number of para-hydroxylation sites is 1. The van der Waals surface area contributed by atoms with Crippen molar-refractivity contribution in [2.45, 2.75) is 64.8 Å². The van der Waals surface area contributed by atoms with E-state index in [2.05, 4.69) is 9.64 Å². The molecule has 1 heterocycles. The molecule has 0 aromatic heterocycles. The Morgan fingerprint density at radius 2 is 1.87 bits per heavy atom. The van der Waals surface area contributed by atoms with Crippen LogP contribution in [0, 0.1) is 17.8 Å². The molecule has 1 saturated heterocycles. The smallest absolute Gasteiger partial charge is 0.405 e. The van der Waals surface area contributed by atoms with Gasteiger partial charge in [0.2, 0.25) is 0 Å². The third-order valence-corrected chi connectivity index (χ3v) is 6.35. The van der Waals surface area contributed by atoms with E-state index >= 15 is 0 Å². The SMILES string of the molecule is CC(=O)C[C@H](CCCOCC1CCN(Cc2ccccc2OC(F)(F)F)CC1)C1CC1. The monoisotopic (exact) mass is 441 g/mol. The van der Waals surface area contributed by atoms with Gasteiger partial charge in [0.1, 0.15) is 11.5 Å². The van der Waals surface area contributed by atoms with Gasteiger partial charge in [-0.15, -0.1) is 13.2 Å². The summed E-state index contributed by atoms with van der Waals surface area (Å²) in [5, 5.41) is 0. The van der Waals surface area contributed by atoms with Crippen LogP contribution in [-0.4, -0.2) is 43.3 Å².